The van der Waals surface area contributed by atoms with Crippen molar-refractivity contribution in [2.75, 3.05) is 51.7 Å². The summed E-state index contributed by atoms with van der Waals surface area (Å²) in [5.74, 6) is 3.94. The molecule has 0 spiro atoms. The second-order valence-electron chi connectivity index (χ2n) is 10.2. The molecule has 4 heterocycles. The van der Waals surface area contributed by atoms with Gasteiger partial charge in [-0.3, -0.25) is 4.79 Å². The molecule has 2 bridgehead atoms. The molecule has 30 heavy (non-hydrogen) atoms. The lowest BCUT2D eigenvalue weighted by Gasteiger charge is -2.53. The fraction of sp³-hybridized carbons (Fsp3) is 0.667. The number of hydrogen-bond donors (Lipinski definition) is 1. The van der Waals surface area contributed by atoms with Gasteiger partial charge in [0, 0.05) is 69.7 Å². The van der Waals surface area contributed by atoms with Crippen molar-refractivity contribution in [2.24, 2.45) is 23.7 Å². The Morgan fingerprint density at radius 3 is 2.77 bits per heavy atom. The van der Waals surface area contributed by atoms with Crippen LogP contribution in [0.3, 0.4) is 0 Å². The number of hydrogen-bond acceptors (Lipinski definition) is 5. The molecule has 0 radical (unpaired) electrons. The fourth-order valence-electron chi connectivity index (χ4n) is 6.33. The van der Waals surface area contributed by atoms with E-state index < -0.39 is 0 Å². The van der Waals surface area contributed by atoms with Crippen LogP contribution in [-0.2, 0) is 4.79 Å². The van der Waals surface area contributed by atoms with Crippen molar-refractivity contribution in [1.82, 2.24) is 20.1 Å². The van der Waals surface area contributed by atoms with Crippen LogP contribution in [0, 0.1) is 23.7 Å². The first-order chi connectivity index (χ1) is 14.5. The van der Waals surface area contributed by atoms with Gasteiger partial charge in [-0.2, -0.15) is 0 Å². The van der Waals surface area contributed by atoms with E-state index in [2.05, 4.69) is 58.2 Å². The van der Waals surface area contributed by atoms with Crippen molar-refractivity contribution >= 4 is 17.4 Å². The Morgan fingerprint density at radius 1 is 1.17 bits per heavy atom. The Hall–Kier alpha value is -2.08. The number of piperidine rings is 3. The average Bonchev–Trinajstić information content (AvgIpc) is 2.72. The van der Waals surface area contributed by atoms with Crippen LogP contribution in [0.4, 0.5) is 5.82 Å². The number of rotatable bonds is 4. The Balaban J connectivity index is 1.23. The normalized spacial score (nSPS) is 33.4. The molecule has 6 heteroatoms. The van der Waals surface area contributed by atoms with Crippen molar-refractivity contribution in [1.29, 1.82) is 0 Å². The number of likely N-dealkylation sites (N-methyl/N-ethyl adjacent to an activating group) is 1. The highest BCUT2D eigenvalue weighted by Crippen LogP contribution is 2.46. The molecule has 4 aliphatic rings. The molecule has 0 aromatic carbocycles. The smallest absolute Gasteiger partial charge is 0.220 e. The van der Waals surface area contributed by atoms with Gasteiger partial charge in [0.1, 0.15) is 5.82 Å². The largest absolute Gasteiger partial charge is 0.369 e. The van der Waals surface area contributed by atoms with E-state index in [1.165, 1.54) is 30.8 Å². The minimum absolute atomic E-state index is 0.226. The number of aromatic nitrogens is 1. The Kier molecular flexibility index (Phi) is 5.21. The van der Waals surface area contributed by atoms with Crippen LogP contribution >= 0.6 is 0 Å². The second-order valence-corrected chi connectivity index (χ2v) is 10.2. The molecule has 2 unspecified atom stereocenters. The zero-order valence-electron chi connectivity index (χ0n) is 18.6. The molecule has 1 aromatic heterocycles. The number of carbonyl (C=O) groups is 1. The van der Waals surface area contributed by atoms with Gasteiger partial charge in [-0.25, -0.2) is 4.98 Å². The Morgan fingerprint density at radius 2 is 1.97 bits per heavy atom. The number of nitrogens with one attached hydrogen (secondary N) is 1. The van der Waals surface area contributed by atoms with Gasteiger partial charge in [0.2, 0.25) is 5.91 Å². The molecule has 162 valence electrons. The lowest BCUT2D eigenvalue weighted by molar-refractivity contribution is -0.128. The molecule has 1 N–H and O–H groups in total. The quantitative estimate of drug-likeness (QED) is 0.827. The van der Waals surface area contributed by atoms with Gasteiger partial charge in [-0.15, -0.1) is 0 Å². The molecule has 1 amide bonds. The summed E-state index contributed by atoms with van der Waals surface area (Å²) in [5.41, 5.74) is 2.48. The summed E-state index contributed by atoms with van der Waals surface area (Å²) in [4.78, 5) is 24.6. The van der Waals surface area contributed by atoms with Crippen molar-refractivity contribution in [2.45, 2.75) is 32.2 Å². The highest BCUT2D eigenvalue weighted by Gasteiger charge is 2.46. The zero-order valence-corrected chi connectivity index (χ0v) is 18.6. The van der Waals surface area contributed by atoms with Crippen LogP contribution < -0.4 is 10.2 Å². The maximum Gasteiger partial charge on any atom is 0.220 e. The van der Waals surface area contributed by atoms with Crippen molar-refractivity contribution in [3.05, 3.63) is 30.0 Å². The zero-order chi connectivity index (χ0) is 20.8. The SMILES string of the molecule is C[C@H]1C[C@@H](NC(=O)CC2C3CC2CN(C)C3)CN(C2=CCN(C)c3ncccc32)C1. The van der Waals surface area contributed by atoms with Crippen LogP contribution in [0.25, 0.3) is 5.70 Å². The van der Waals surface area contributed by atoms with Gasteiger partial charge < -0.3 is 20.0 Å². The monoisotopic (exact) mass is 409 g/mol. The molecule has 4 atom stereocenters. The van der Waals surface area contributed by atoms with Gasteiger partial charge in [-0.1, -0.05) is 6.92 Å². The fourth-order valence-corrected chi connectivity index (χ4v) is 6.33. The predicted molar refractivity (Wildman–Crippen MR) is 120 cm³/mol. The molecular weight excluding hydrogens is 374 g/mol. The molecule has 2 saturated heterocycles. The van der Waals surface area contributed by atoms with E-state index in [0.717, 1.165) is 43.7 Å². The predicted octanol–water partition coefficient (Wildman–Crippen LogP) is 2.29. The van der Waals surface area contributed by atoms with Crippen molar-refractivity contribution < 1.29 is 4.79 Å². The summed E-state index contributed by atoms with van der Waals surface area (Å²) in [6, 6.07) is 4.42. The topological polar surface area (TPSA) is 51.7 Å². The third-order valence-corrected chi connectivity index (χ3v) is 7.68. The molecule has 6 nitrogen and oxygen atoms in total. The first-order valence-corrected chi connectivity index (χ1v) is 11.6. The first-order valence-electron chi connectivity index (χ1n) is 11.6. The first kappa shape index (κ1) is 19.9. The summed E-state index contributed by atoms with van der Waals surface area (Å²) >= 11 is 0. The highest BCUT2D eigenvalue weighted by molar-refractivity contribution is 5.78. The number of anilines is 1. The van der Waals surface area contributed by atoms with Gasteiger partial charge in [-0.05, 0) is 61.8 Å². The Labute approximate surface area is 180 Å². The number of fused-ring (bicyclic) bond motifs is 3. The van der Waals surface area contributed by atoms with E-state index >= 15 is 0 Å². The van der Waals surface area contributed by atoms with Crippen LogP contribution in [0.15, 0.2) is 24.4 Å². The third-order valence-electron chi connectivity index (χ3n) is 7.68. The molecule has 1 aromatic rings. The molecular formula is C24H35N5O. The number of nitrogens with zero attached hydrogens (tertiary/aromatic N) is 4. The van der Waals surface area contributed by atoms with Crippen molar-refractivity contribution in [3.8, 4) is 0 Å². The van der Waals surface area contributed by atoms with E-state index in [1.807, 2.05) is 12.3 Å². The van der Waals surface area contributed by atoms with Gasteiger partial charge >= 0.3 is 0 Å². The number of likely N-dealkylation sites (tertiary alicyclic amines) is 2. The maximum atomic E-state index is 12.9. The van der Waals surface area contributed by atoms with Crippen molar-refractivity contribution in [3.63, 3.8) is 0 Å². The summed E-state index contributed by atoms with van der Waals surface area (Å²) in [7, 11) is 4.30. The maximum absolute atomic E-state index is 12.9. The molecule has 1 aliphatic carbocycles. The van der Waals surface area contributed by atoms with Crippen LogP contribution in [0.1, 0.15) is 31.7 Å². The summed E-state index contributed by atoms with van der Waals surface area (Å²) in [6.07, 6.45) is 7.29. The standard InChI is InChI=1S/C24H35N5O/c1-16-9-19(26-23(30)11-21-17-10-18(21)14-27(2)13-17)15-29(12-16)22-6-8-28(3)24-20(22)5-4-7-25-24/h4-7,16-19,21H,8-15H2,1-3H3,(H,26,30)/t16-,17?,18?,19+,21?/m0/s1. The van der Waals surface area contributed by atoms with Gasteiger partial charge in [0.05, 0.1) is 0 Å². The molecule has 5 rings (SSSR count). The molecule has 1 saturated carbocycles. The van der Waals surface area contributed by atoms with E-state index in [-0.39, 0.29) is 11.9 Å². The summed E-state index contributed by atoms with van der Waals surface area (Å²) in [5, 5.41) is 3.40. The van der Waals surface area contributed by atoms with E-state index in [1.54, 1.807) is 0 Å². The summed E-state index contributed by atoms with van der Waals surface area (Å²) < 4.78 is 0. The number of pyridine rings is 1. The van der Waals surface area contributed by atoms with E-state index in [9.17, 15) is 4.79 Å². The Bertz CT molecular complexity index is 827. The second kappa shape index (κ2) is 7.88. The van der Waals surface area contributed by atoms with Crippen LogP contribution in [0.2, 0.25) is 0 Å². The lowest BCUT2D eigenvalue weighted by Crippen LogP contribution is -2.56. The third kappa shape index (κ3) is 3.70. The average molecular weight is 410 g/mol. The van der Waals surface area contributed by atoms with Gasteiger partial charge in [0.25, 0.3) is 0 Å². The van der Waals surface area contributed by atoms with Crippen LogP contribution in [0.5, 0.6) is 0 Å². The van der Waals surface area contributed by atoms with Crippen LogP contribution in [-0.4, -0.2) is 73.6 Å². The van der Waals surface area contributed by atoms with Gasteiger partial charge in [0.15, 0.2) is 0 Å². The molecule has 3 aliphatic heterocycles. The summed E-state index contributed by atoms with van der Waals surface area (Å²) in [6.45, 7) is 7.43. The van der Waals surface area contributed by atoms with E-state index in [0.29, 0.717) is 18.3 Å². The van der Waals surface area contributed by atoms with E-state index in [4.69, 9.17) is 0 Å². The number of carbonyl (C=O) groups excluding carboxylic acids is 1. The highest BCUT2D eigenvalue weighted by atomic mass is 16.1. The minimum atomic E-state index is 0.226. The lowest BCUT2D eigenvalue weighted by atomic mass is 9.60. The minimum Gasteiger partial charge on any atom is -0.369 e. The number of amides is 1. The molecule has 3 fully saturated rings.